The number of hydrogen-bond acceptors (Lipinski definition) is 5. The van der Waals surface area contributed by atoms with Crippen LogP contribution in [0.1, 0.15) is 55.4 Å². The van der Waals surface area contributed by atoms with Gasteiger partial charge in [-0.15, -0.1) is 0 Å². The average Bonchev–Trinajstić information content (AvgIpc) is 2.75. The predicted molar refractivity (Wildman–Crippen MR) is 93.9 cm³/mol. The predicted octanol–water partition coefficient (Wildman–Crippen LogP) is 2.13. The molecule has 1 saturated carbocycles. The number of nitrogens with one attached hydrogen (secondary N) is 2. The van der Waals surface area contributed by atoms with Gasteiger partial charge in [-0.3, -0.25) is 9.78 Å². The fourth-order valence-corrected chi connectivity index (χ4v) is 5.15. The Bertz CT molecular complexity index is 682. The number of anilines is 1. The molecule has 0 spiro atoms. The second kappa shape index (κ2) is 7.51. The molecule has 7 heteroatoms. The van der Waals surface area contributed by atoms with Crippen LogP contribution in [0.2, 0.25) is 0 Å². The summed E-state index contributed by atoms with van der Waals surface area (Å²) in [6.07, 6.45) is 9.07. The lowest BCUT2D eigenvalue weighted by atomic mass is 10.1. The van der Waals surface area contributed by atoms with Gasteiger partial charge in [0.25, 0.3) is 5.91 Å². The molecule has 0 radical (unpaired) electrons. The van der Waals surface area contributed by atoms with Crippen molar-refractivity contribution in [2.45, 2.75) is 57.0 Å². The molecule has 1 aromatic heterocycles. The fraction of sp³-hybridized carbons (Fsp3) is 0.647. The largest absolute Gasteiger partial charge is 0.381 e. The van der Waals surface area contributed by atoms with E-state index < -0.39 is 9.84 Å². The fourth-order valence-electron chi connectivity index (χ4n) is 3.47. The van der Waals surface area contributed by atoms with Gasteiger partial charge in [-0.2, -0.15) is 0 Å². The van der Waals surface area contributed by atoms with Gasteiger partial charge < -0.3 is 10.6 Å². The third kappa shape index (κ3) is 4.69. The zero-order valence-corrected chi connectivity index (χ0v) is 14.6. The summed E-state index contributed by atoms with van der Waals surface area (Å²) in [5.41, 5.74) is 1.13. The molecular formula is C17H25N3O3S. The molecular weight excluding hydrogens is 326 g/mol. The van der Waals surface area contributed by atoms with Crippen LogP contribution in [-0.2, 0) is 9.84 Å². The topological polar surface area (TPSA) is 88.2 Å². The number of nitrogens with zero attached hydrogens (tertiary/aromatic N) is 1. The van der Waals surface area contributed by atoms with Crippen LogP contribution in [0.25, 0.3) is 0 Å². The summed E-state index contributed by atoms with van der Waals surface area (Å²) in [6, 6.07) is 3.62. The summed E-state index contributed by atoms with van der Waals surface area (Å²) >= 11 is 0. The van der Waals surface area contributed by atoms with E-state index in [0.29, 0.717) is 12.1 Å². The van der Waals surface area contributed by atoms with Gasteiger partial charge in [0.05, 0.1) is 11.5 Å². The quantitative estimate of drug-likeness (QED) is 0.812. The number of amides is 1. The minimum absolute atomic E-state index is 0.0878. The van der Waals surface area contributed by atoms with E-state index in [-0.39, 0.29) is 29.5 Å². The Kier molecular flexibility index (Phi) is 5.38. The molecule has 2 heterocycles. The first-order valence-electron chi connectivity index (χ1n) is 8.76. The lowest BCUT2D eigenvalue weighted by molar-refractivity contribution is 0.0928. The van der Waals surface area contributed by atoms with Gasteiger partial charge in [0.2, 0.25) is 0 Å². The lowest BCUT2D eigenvalue weighted by Gasteiger charge is -2.17. The van der Waals surface area contributed by atoms with E-state index in [4.69, 9.17) is 0 Å². The molecule has 6 nitrogen and oxygen atoms in total. The van der Waals surface area contributed by atoms with E-state index in [1.807, 2.05) is 0 Å². The monoisotopic (exact) mass is 351 g/mol. The Hall–Kier alpha value is -1.63. The van der Waals surface area contributed by atoms with E-state index in [9.17, 15) is 13.2 Å². The van der Waals surface area contributed by atoms with E-state index in [1.54, 1.807) is 18.3 Å². The number of aromatic nitrogens is 1. The SMILES string of the molecule is O=C(NC1CCCCCC1)c1cc(NC2CCS(=O)(=O)C2)ccn1. The molecule has 0 aromatic carbocycles. The first-order valence-corrected chi connectivity index (χ1v) is 10.6. The number of carbonyl (C=O) groups excluding carboxylic acids is 1. The molecule has 1 aliphatic carbocycles. The maximum Gasteiger partial charge on any atom is 0.270 e. The smallest absolute Gasteiger partial charge is 0.270 e. The summed E-state index contributed by atoms with van der Waals surface area (Å²) in [7, 11) is -2.92. The number of carbonyl (C=O) groups is 1. The van der Waals surface area contributed by atoms with Gasteiger partial charge in [-0.1, -0.05) is 25.7 Å². The van der Waals surface area contributed by atoms with Crippen LogP contribution in [0.15, 0.2) is 18.3 Å². The standard InChI is InChI=1S/C17H25N3O3S/c21-17(20-13-5-3-1-2-4-6-13)16-11-14(7-9-18-16)19-15-8-10-24(22,23)12-15/h7,9,11,13,15H,1-6,8,10,12H2,(H,18,19)(H,20,21). The summed E-state index contributed by atoms with van der Waals surface area (Å²) in [5, 5.41) is 6.29. The highest BCUT2D eigenvalue weighted by atomic mass is 32.2. The van der Waals surface area contributed by atoms with Gasteiger partial charge in [0.15, 0.2) is 9.84 Å². The first-order chi connectivity index (χ1) is 11.5. The average molecular weight is 351 g/mol. The van der Waals surface area contributed by atoms with Crippen molar-refractivity contribution in [2.75, 3.05) is 16.8 Å². The second-order valence-electron chi connectivity index (χ2n) is 6.84. The van der Waals surface area contributed by atoms with E-state index in [1.165, 1.54) is 12.8 Å². The first kappa shape index (κ1) is 17.2. The van der Waals surface area contributed by atoms with Crippen molar-refractivity contribution in [1.82, 2.24) is 10.3 Å². The van der Waals surface area contributed by atoms with Crippen LogP contribution in [0.4, 0.5) is 5.69 Å². The highest BCUT2D eigenvalue weighted by Gasteiger charge is 2.27. The molecule has 1 unspecified atom stereocenters. The zero-order chi connectivity index (χ0) is 17.0. The van der Waals surface area contributed by atoms with Crippen LogP contribution >= 0.6 is 0 Å². The minimum Gasteiger partial charge on any atom is -0.381 e. The van der Waals surface area contributed by atoms with Crippen molar-refractivity contribution in [3.63, 3.8) is 0 Å². The van der Waals surface area contributed by atoms with Crippen molar-refractivity contribution in [1.29, 1.82) is 0 Å². The minimum atomic E-state index is -2.92. The second-order valence-corrected chi connectivity index (χ2v) is 9.06. The highest BCUT2D eigenvalue weighted by molar-refractivity contribution is 7.91. The molecule has 132 valence electrons. The number of rotatable bonds is 4. The number of hydrogen-bond donors (Lipinski definition) is 2. The van der Waals surface area contributed by atoms with Crippen molar-refractivity contribution < 1.29 is 13.2 Å². The third-order valence-electron chi connectivity index (χ3n) is 4.79. The highest BCUT2D eigenvalue weighted by Crippen LogP contribution is 2.19. The van der Waals surface area contributed by atoms with E-state index >= 15 is 0 Å². The molecule has 3 rings (SSSR count). The van der Waals surface area contributed by atoms with Gasteiger partial charge in [-0.05, 0) is 31.4 Å². The van der Waals surface area contributed by atoms with Gasteiger partial charge in [-0.25, -0.2) is 8.42 Å². The molecule has 1 aromatic rings. The maximum atomic E-state index is 12.4. The Balaban J connectivity index is 1.60. The van der Waals surface area contributed by atoms with Crippen molar-refractivity contribution in [3.8, 4) is 0 Å². The molecule has 24 heavy (non-hydrogen) atoms. The summed E-state index contributed by atoms with van der Waals surface area (Å²) < 4.78 is 23.1. The Labute approximate surface area is 143 Å². The number of sulfone groups is 1. The zero-order valence-electron chi connectivity index (χ0n) is 13.8. The van der Waals surface area contributed by atoms with Crippen molar-refractivity contribution in [2.24, 2.45) is 0 Å². The number of pyridine rings is 1. The van der Waals surface area contributed by atoms with E-state index in [2.05, 4.69) is 15.6 Å². The Morgan fingerprint density at radius 2 is 1.83 bits per heavy atom. The molecule has 0 bridgehead atoms. The molecule has 1 amide bonds. The summed E-state index contributed by atoms with van der Waals surface area (Å²) in [6.45, 7) is 0. The van der Waals surface area contributed by atoms with E-state index in [0.717, 1.165) is 31.4 Å². The normalized spacial score (nSPS) is 24.2. The van der Waals surface area contributed by atoms with Crippen molar-refractivity contribution >= 4 is 21.4 Å². The van der Waals surface area contributed by atoms with Gasteiger partial charge in [0, 0.05) is 24.0 Å². The van der Waals surface area contributed by atoms with Crippen LogP contribution in [0, 0.1) is 0 Å². The summed E-state index contributed by atoms with van der Waals surface area (Å²) in [4.78, 5) is 16.6. The molecule has 1 aliphatic heterocycles. The molecule has 1 saturated heterocycles. The summed E-state index contributed by atoms with van der Waals surface area (Å²) in [5.74, 6) is 0.230. The maximum absolute atomic E-state index is 12.4. The molecule has 2 N–H and O–H groups in total. The molecule has 2 fully saturated rings. The van der Waals surface area contributed by atoms with Crippen LogP contribution in [-0.4, -0.2) is 42.9 Å². The lowest BCUT2D eigenvalue weighted by Crippen LogP contribution is -2.35. The van der Waals surface area contributed by atoms with Crippen molar-refractivity contribution in [3.05, 3.63) is 24.0 Å². The Morgan fingerprint density at radius 1 is 1.08 bits per heavy atom. The van der Waals surface area contributed by atoms with Gasteiger partial charge >= 0.3 is 0 Å². The van der Waals surface area contributed by atoms with Crippen LogP contribution in [0.3, 0.4) is 0 Å². The Morgan fingerprint density at radius 3 is 2.50 bits per heavy atom. The third-order valence-corrected chi connectivity index (χ3v) is 6.55. The van der Waals surface area contributed by atoms with Crippen LogP contribution < -0.4 is 10.6 Å². The molecule has 1 atom stereocenters. The van der Waals surface area contributed by atoms with Gasteiger partial charge in [0.1, 0.15) is 5.69 Å². The molecule has 2 aliphatic rings. The van der Waals surface area contributed by atoms with Crippen LogP contribution in [0.5, 0.6) is 0 Å².